The van der Waals surface area contributed by atoms with E-state index in [0.29, 0.717) is 12.5 Å². The Kier molecular flexibility index (Phi) is 5.92. The van der Waals surface area contributed by atoms with Gasteiger partial charge in [0.25, 0.3) is 0 Å². The van der Waals surface area contributed by atoms with Crippen molar-refractivity contribution in [1.29, 1.82) is 0 Å². The number of hydrogen-bond acceptors (Lipinski definition) is 2. The quantitative estimate of drug-likeness (QED) is 0.686. The Hall–Kier alpha value is -1.55. The van der Waals surface area contributed by atoms with Crippen molar-refractivity contribution in [3.05, 3.63) is 35.4 Å². The number of hydrogen-bond donors (Lipinski definition) is 1. The Morgan fingerprint density at radius 1 is 0.826 bits per heavy atom. The van der Waals surface area contributed by atoms with Gasteiger partial charge in [0.15, 0.2) is 5.96 Å². The van der Waals surface area contributed by atoms with Crippen LogP contribution in [0.2, 0.25) is 0 Å². The molecule has 3 rings (SSSR count). The first-order chi connectivity index (χ1) is 11.3. The third-order valence-corrected chi connectivity index (χ3v) is 4.98. The third-order valence-electron chi connectivity index (χ3n) is 4.98. The van der Waals surface area contributed by atoms with Crippen molar-refractivity contribution >= 4 is 5.96 Å². The van der Waals surface area contributed by atoms with Crippen LogP contribution in [-0.2, 0) is 13.1 Å². The van der Waals surface area contributed by atoms with E-state index < -0.39 is 0 Å². The summed E-state index contributed by atoms with van der Waals surface area (Å²) in [6.45, 7) is 6.39. The predicted octanol–water partition coefficient (Wildman–Crippen LogP) is 2.97. The number of likely N-dealkylation sites (tertiary alicyclic amines) is 2. The second kappa shape index (κ2) is 8.34. The van der Waals surface area contributed by atoms with Gasteiger partial charge in [0, 0.05) is 19.6 Å². The van der Waals surface area contributed by atoms with Crippen LogP contribution in [0.25, 0.3) is 0 Å². The highest BCUT2D eigenvalue weighted by atomic mass is 15.2. The SMILES string of the molecule is NC(=NCc1ccc(CN2CCCC2)cc1)N1CCCCCC1. The van der Waals surface area contributed by atoms with Gasteiger partial charge < -0.3 is 10.6 Å². The van der Waals surface area contributed by atoms with Gasteiger partial charge in [0.1, 0.15) is 0 Å². The lowest BCUT2D eigenvalue weighted by Crippen LogP contribution is -2.38. The van der Waals surface area contributed by atoms with Crippen LogP contribution in [0.3, 0.4) is 0 Å². The van der Waals surface area contributed by atoms with Crippen LogP contribution in [0.1, 0.15) is 49.7 Å². The number of rotatable bonds is 4. The fourth-order valence-electron chi connectivity index (χ4n) is 3.52. The largest absolute Gasteiger partial charge is 0.370 e. The molecule has 0 aromatic heterocycles. The molecule has 0 bridgehead atoms. The maximum absolute atomic E-state index is 6.17. The summed E-state index contributed by atoms with van der Waals surface area (Å²) < 4.78 is 0. The van der Waals surface area contributed by atoms with E-state index in [0.717, 1.165) is 19.6 Å². The van der Waals surface area contributed by atoms with Gasteiger partial charge in [-0.05, 0) is 49.9 Å². The van der Waals surface area contributed by atoms with Crippen molar-refractivity contribution in [1.82, 2.24) is 9.80 Å². The molecule has 4 heteroatoms. The normalized spacial score (nSPS) is 20.7. The Bertz CT molecular complexity index is 495. The molecule has 2 fully saturated rings. The van der Waals surface area contributed by atoms with E-state index in [4.69, 9.17) is 5.73 Å². The lowest BCUT2D eigenvalue weighted by atomic mass is 10.1. The zero-order chi connectivity index (χ0) is 15.9. The zero-order valence-electron chi connectivity index (χ0n) is 14.2. The maximum Gasteiger partial charge on any atom is 0.191 e. The van der Waals surface area contributed by atoms with Crippen molar-refractivity contribution in [3.63, 3.8) is 0 Å². The summed E-state index contributed by atoms with van der Waals surface area (Å²) in [4.78, 5) is 9.38. The van der Waals surface area contributed by atoms with Gasteiger partial charge in [-0.3, -0.25) is 4.90 Å². The average Bonchev–Trinajstić information content (AvgIpc) is 2.93. The molecule has 1 aromatic carbocycles. The van der Waals surface area contributed by atoms with Gasteiger partial charge in [-0.2, -0.15) is 0 Å². The molecular formula is C19H30N4. The topological polar surface area (TPSA) is 44.9 Å². The molecular weight excluding hydrogens is 284 g/mol. The first-order valence-electron chi connectivity index (χ1n) is 9.16. The van der Waals surface area contributed by atoms with Crippen molar-refractivity contribution in [2.75, 3.05) is 26.2 Å². The summed E-state index contributed by atoms with van der Waals surface area (Å²) in [6, 6.07) is 8.88. The predicted molar refractivity (Wildman–Crippen MR) is 96.3 cm³/mol. The third kappa shape index (κ3) is 4.96. The molecule has 2 saturated heterocycles. The maximum atomic E-state index is 6.17. The molecule has 0 spiro atoms. The van der Waals surface area contributed by atoms with Crippen LogP contribution >= 0.6 is 0 Å². The number of nitrogens with zero attached hydrogens (tertiary/aromatic N) is 3. The molecule has 2 N–H and O–H groups in total. The second-order valence-corrected chi connectivity index (χ2v) is 6.88. The monoisotopic (exact) mass is 314 g/mol. The highest BCUT2D eigenvalue weighted by Gasteiger charge is 2.12. The average molecular weight is 314 g/mol. The molecule has 0 radical (unpaired) electrons. The molecule has 0 saturated carbocycles. The Morgan fingerprint density at radius 3 is 2.04 bits per heavy atom. The first-order valence-corrected chi connectivity index (χ1v) is 9.16. The van der Waals surface area contributed by atoms with Gasteiger partial charge in [-0.15, -0.1) is 0 Å². The summed E-state index contributed by atoms with van der Waals surface area (Å²) in [6.07, 6.45) is 7.82. The second-order valence-electron chi connectivity index (χ2n) is 6.88. The van der Waals surface area contributed by atoms with Crippen LogP contribution in [0, 0.1) is 0 Å². The number of guanidine groups is 1. The van der Waals surface area contributed by atoms with Gasteiger partial charge in [0.2, 0.25) is 0 Å². The molecule has 126 valence electrons. The van der Waals surface area contributed by atoms with Gasteiger partial charge in [-0.25, -0.2) is 4.99 Å². The fourth-order valence-corrected chi connectivity index (χ4v) is 3.52. The summed E-state index contributed by atoms with van der Waals surface area (Å²) in [7, 11) is 0. The van der Waals surface area contributed by atoms with Crippen LogP contribution < -0.4 is 5.73 Å². The molecule has 0 atom stereocenters. The van der Waals surface area contributed by atoms with E-state index in [-0.39, 0.29) is 0 Å². The zero-order valence-corrected chi connectivity index (χ0v) is 14.2. The van der Waals surface area contributed by atoms with E-state index >= 15 is 0 Å². The summed E-state index contributed by atoms with van der Waals surface area (Å²) in [5, 5.41) is 0. The van der Waals surface area contributed by atoms with Crippen molar-refractivity contribution < 1.29 is 0 Å². The highest BCUT2D eigenvalue weighted by molar-refractivity contribution is 5.78. The standard InChI is InChI=1S/C19H30N4/c20-19(23-13-3-1-2-4-14-23)21-15-17-7-9-18(10-8-17)16-22-11-5-6-12-22/h7-10H,1-6,11-16H2,(H2,20,21). The molecule has 4 nitrogen and oxygen atoms in total. The molecule has 23 heavy (non-hydrogen) atoms. The molecule has 0 unspecified atom stereocenters. The fraction of sp³-hybridized carbons (Fsp3) is 0.632. The van der Waals surface area contributed by atoms with Gasteiger partial charge >= 0.3 is 0 Å². The van der Waals surface area contributed by atoms with Crippen LogP contribution in [0.15, 0.2) is 29.3 Å². The van der Waals surface area contributed by atoms with Crippen LogP contribution in [0.5, 0.6) is 0 Å². The minimum absolute atomic E-state index is 0.687. The summed E-state index contributed by atoms with van der Waals surface area (Å²) >= 11 is 0. The minimum Gasteiger partial charge on any atom is -0.370 e. The lowest BCUT2D eigenvalue weighted by Gasteiger charge is -2.21. The van der Waals surface area contributed by atoms with Crippen molar-refractivity contribution in [3.8, 4) is 0 Å². The Morgan fingerprint density at radius 2 is 1.39 bits per heavy atom. The van der Waals surface area contributed by atoms with E-state index in [9.17, 15) is 0 Å². The van der Waals surface area contributed by atoms with Crippen molar-refractivity contribution in [2.45, 2.75) is 51.6 Å². The Labute approximate surface area is 140 Å². The minimum atomic E-state index is 0.687. The molecule has 2 heterocycles. The summed E-state index contributed by atoms with van der Waals surface area (Å²) in [5.41, 5.74) is 8.82. The van der Waals surface area contributed by atoms with Crippen LogP contribution in [0.4, 0.5) is 0 Å². The number of benzene rings is 1. The summed E-state index contributed by atoms with van der Waals surface area (Å²) in [5.74, 6) is 0.716. The molecule has 2 aliphatic heterocycles. The van der Waals surface area contributed by atoms with Crippen molar-refractivity contribution in [2.24, 2.45) is 10.7 Å². The van der Waals surface area contributed by atoms with E-state index in [1.54, 1.807) is 0 Å². The molecule has 2 aliphatic rings. The highest BCUT2D eigenvalue weighted by Crippen LogP contribution is 2.14. The van der Waals surface area contributed by atoms with Crippen LogP contribution in [-0.4, -0.2) is 41.9 Å². The van der Waals surface area contributed by atoms with E-state index in [1.165, 1.54) is 62.7 Å². The molecule has 0 amide bonds. The molecule has 1 aromatic rings. The smallest absolute Gasteiger partial charge is 0.191 e. The first kappa shape index (κ1) is 16.3. The van der Waals surface area contributed by atoms with E-state index in [2.05, 4.69) is 39.1 Å². The lowest BCUT2D eigenvalue weighted by molar-refractivity contribution is 0.331. The van der Waals surface area contributed by atoms with Gasteiger partial charge in [0.05, 0.1) is 6.54 Å². The number of aliphatic imine (C=N–C) groups is 1. The van der Waals surface area contributed by atoms with E-state index in [1.807, 2.05) is 0 Å². The number of nitrogens with two attached hydrogens (primary N) is 1. The Balaban J connectivity index is 1.51. The molecule has 0 aliphatic carbocycles. The van der Waals surface area contributed by atoms with Gasteiger partial charge in [-0.1, -0.05) is 37.1 Å².